The largest absolute Gasteiger partial charge is 0.493 e. The van der Waals surface area contributed by atoms with Gasteiger partial charge in [0.1, 0.15) is 5.92 Å². The first-order valence-corrected chi connectivity index (χ1v) is 9.20. The van der Waals surface area contributed by atoms with Crippen LogP contribution in [0.4, 0.5) is 5.69 Å². The monoisotopic (exact) mass is 376 g/mol. The van der Waals surface area contributed by atoms with Crippen molar-refractivity contribution in [3.63, 3.8) is 0 Å². The van der Waals surface area contributed by atoms with Crippen molar-refractivity contribution in [1.82, 2.24) is 9.88 Å². The maximum Gasteiger partial charge on any atom is 0.277 e. The summed E-state index contributed by atoms with van der Waals surface area (Å²) in [6.45, 7) is 2.84. The maximum absolute atomic E-state index is 12.7. The van der Waals surface area contributed by atoms with Crippen molar-refractivity contribution >= 4 is 28.4 Å². The van der Waals surface area contributed by atoms with E-state index in [9.17, 15) is 14.7 Å². The average Bonchev–Trinajstić information content (AvgIpc) is 3.24. The molecule has 7 heteroatoms. The molecule has 2 atom stereocenters. The molecule has 7 nitrogen and oxygen atoms in total. The normalized spacial score (nSPS) is 19.4. The first-order valence-electron chi connectivity index (χ1n) is 9.20. The van der Waals surface area contributed by atoms with Crippen LogP contribution in [0.5, 0.6) is 5.88 Å². The molecule has 0 aliphatic carbocycles. The van der Waals surface area contributed by atoms with Crippen molar-refractivity contribution in [2.45, 2.75) is 19.4 Å². The number of benzene rings is 2. The Labute approximate surface area is 161 Å². The molecule has 28 heavy (non-hydrogen) atoms. The minimum absolute atomic E-state index is 0.0456. The van der Waals surface area contributed by atoms with Crippen molar-refractivity contribution in [1.29, 1.82) is 0 Å². The van der Waals surface area contributed by atoms with E-state index < -0.39 is 11.8 Å². The number of carbonyl (C=O) groups excluding carboxylic acids is 2. The number of aromatic nitrogens is 1. The van der Waals surface area contributed by atoms with Gasteiger partial charge >= 0.3 is 0 Å². The van der Waals surface area contributed by atoms with Crippen molar-refractivity contribution in [2.75, 3.05) is 6.54 Å². The second-order valence-corrected chi connectivity index (χ2v) is 6.71. The third kappa shape index (κ3) is 2.94. The van der Waals surface area contributed by atoms with Crippen molar-refractivity contribution < 1.29 is 14.7 Å². The van der Waals surface area contributed by atoms with Crippen LogP contribution in [-0.2, 0) is 16.1 Å². The van der Waals surface area contributed by atoms with Crippen molar-refractivity contribution in [3.8, 4) is 5.88 Å². The summed E-state index contributed by atoms with van der Waals surface area (Å²) in [5.41, 5.74) is 1.95. The summed E-state index contributed by atoms with van der Waals surface area (Å²) in [6.07, 6.45) is 0. The molecule has 1 saturated heterocycles. The number of aryl methyl sites for hydroxylation is 1. The molecule has 0 radical (unpaired) electrons. The number of carbonyl (C=O) groups is 2. The molecule has 1 aliphatic heterocycles. The van der Waals surface area contributed by atoms with E-state index in [1.54, 1.807) is 4.57 Å². The van der Waals surface area contributed by atoms with Gasteiger partial charge in [-0.1, -0.05) is 48.5 Å². The van der Waals surface area contributed by atoms with Crippen LogP contribution in [0, 0.1) is 5.92 Å². The van der Waals surface area contributed by atoms with E-state index in [0.717, 1.165) is 11.1 Å². The minimum atomic E-state index is -0.923. The average molecular weight is 376 g/mol. The lowest BCUT2D eigenvalue weighted by Gasteiger charge is -2.13. The van der Waals surface area contributed by atoms with Crippen LogP contribution >= 0.6 is 0 Å². The zero-order valence-corrected chi connectivity index (χ0v) is 15.4. The number of azo groups is 1. The maximum atomic E-state index is 12.7. The summed E-state index contributed by atoms with van der Waals surface area (Å²) in [4.78, 5) is 25.0. The summed E-state index contributed by atoms with van der Waals surface area (Å²) < 4.78 is 1.70. The Hall–Kier alpha value is -3.48. The molecule has 3 aromatic rings. The van der Waals surface area contributed by atoms with Crippen LogP contribution < -0.4 is 5.32 Å². The van der Waals surface area contributed by atoms with Gasteiger partial charge in [-0.3, -0.25) is 9.59 Å². The Bertz CT molecular complexity index is 1070. The molecule has 2 unspecified atom stereocenters. The number of hydrogen-bond donors (Lipinski definition) is 2. The van der Waals surface area contributed by atoms with Gasteiger partial charge < -0.3 is 15.0 Å². The third-order valence-corrected chi connectivity index (χ3v) is 5.16. The molecule has 1 aromatic heterocycles. The highest BCUT2D eigenvalue weighted by atomic mass is 16.3. The lowest BCUT2D eigenvalue weighted by Crippen LogP contribution is -2.25. The van der Waals surface area contributed by atoms with Crippen LogP contribution in [0.1, 0.15) is 18.4 Å². The highest BCUT2D eigenvalue weighted by molar-refractivity contribution is 6.03. The van der Waals surface area contributed by atoms with Crippen LogP contribution in [0.25, 0.3) is 10.9 Å². The summed E-state index contributed by atoms with van der Waals surface area (Å²) in [7, 11) is 0. The van der Waals surface area contributed by atoms with Gasteiger partial charge in [0.2, 0.25) is 11.8 Å². The first kappa shape index (κ1) is 17.9. The lowest BCUT2D eigenvalue weighted by atomic mass is 9.88. The van der Waals surface area contributed by atoms with Crippen LogP contribution in [0.3, 0.4) is 0 Å². The summed E-state index contributed by atoms with van der Waals surface area (Å²) in [5, 5.41) is 21.8. The number of nitrogens with zero attached hydrogens (tertiary/aromatic N) is 3. The Kier molecular flexibility index (Phi) is 4.65. The summed E-state index contributed by atoms with van der Waals surface area (Å²) in [6, 6.07) is 16.8. The van der Waals surface area contributed by atoms with Crippen LogP contribution in [0.2, 0.25) is 0 Å². The SMILES string of the molecule is CCn1c(O)c(N=NC(=O)C2C(=O)NCC2c2ccccc2)c2ccccc21. The molecule has 0 saturated carbocycles. The van der Waals surface area contributed by atoms with Gasteiger partial charge in [-0.25, -0.2) is 0 Å². The molecule has 1 aliphatic rings. The third-order valence-electron chi connectivity index (χ3n) is 5.16. The summed E-state index contributed by atoms with van der Waals surface area (Å²) >= 11 is 0. The van der Waals surface area contributed by atoms with E-state index in [-0.39, 0.29) is 23.4 Å². The smallest absolute Gasteiger partial charge is 0.277 e. The van der Waals surface area contributed by atoms with Gasteiger partial charge in [-0.2, -0.15) is 0 Å². The van der Waals surface area contributed by atoms with Crippen molar-refractivity contribution in [2.24, 2.45) is 16.1 Å². The Balaban J connectivity index is 1.67. The molecular weight excluding hydrogens is 356 g/mol. The van der Waals surface area contributed by atoms with Gasteiger partial charge in [-0.15, -0.1) is 10.2 Å². The van der Waals surface area contributed by atoms with Crippen LogP contribution in [0.15, 0.2) is 64.8 Å². The van der Waals surface area contributed by atoms with E-state index in [0.29, 0.717) is 18.5 Å². The van der Waals surface area contributed by atoms with E-state index in [1.165, 1.54) is 0 Å². The Morgan fingerprint density at radius 3 is 2.64 bits per heavy atom. The number of amides is 2. The molecule has 2 heterocycles. The van der Waals surface area contributed by atoms with Gasteiger partial charge in [0.15, 0.2) is 5.69 Å². The second kappa shape index (κ2) is 7.26. The molecular formula is C21H20N4O3. The Morgan fingerprint density at radius 1 is 1.18 bits per heavy atom. The van der Waals surface area contributed by atoms with E-state index in [2.05, 4.69) is 15.5 Å². The number of nitrogens with one attached hydrogen (secondary N) is 1. The lowest BCUT2D eigenvalue weighted by molar-refractivity contribution is -0.131. The number of para-hydroxylation sites is 1. The van der Waals surface area contributed by atoms with Crippen molar-refractivity contribution in [3.05, 3.63) is 60.2 Å². The zero-order valence-electron chi connectivity index (χ0n) is 15.4. The quantitative estimate of drug-likeness (QED) is 0.539. The minimum Gasteiger partial charge on any atom is -0.493 e. The predicted molar refractivity (Wildman–Crippen MR) is 104 cm³/mol. The molecule has 2 N–H and O–H groups in total. The van der Waals surface area contributed by atoms with E-state index >= 15 is 0 Å². The predicted octanol–water partition coefficient (Wildman–Crippen LogP) is 3.51. The standard InChI is InChI=1S/C21H20N4O3/c1-2-25-16-11-7-6-10-14(16)18(21(25)28)23-24-20(27)17-15(12-22-19(17)26)13-8-4-3-5-9-13/h3-11,15,17,28H,2,12H2,1H3,(H,22,26). The highest BCUT2D eigenvalue weighted by Gasteiger charge is 2.41. The number of fused-ring (bicyclic) bond motifs is 1. The summed E-state index contributed by atoms with van der Waals surface area (Å²) in [5.74, 6) is -2.22. The zero-order chi connectivity index (χ0) is 19.7. The van der Waals surface area contributed by atoms with Gasteiger partial charge in [-0.05, 0) is 18.6 Å². The Morgan fingerprint density at radius 2 is 1.89 bits per heavy atom. The van der Waals surface area contributed by atoms with E-state index in [4.69, 9.17) is 0 Å². The fourth-order valence-electron chi connectivity index (χ4n) is 3.77. The number of aromatic hydroxyl groups is 1. The second-order valence-electron chi connectivity index (χ2n) is 6.71. The van der Waals surface area contributed by atoms with E-state index in [1.807, 2.05) is 61.5 Å². The number of rotatable bonds is 4. The van der Waals surface area contributed by atoms with Gasteiger partial charge in [0, 0.05) is 24.4 Å². The van der Waals surface area contributed by atoms with Gasteiger partial charge in [0.05, 0.1) is 5.52 Å². The molecule has 2 aromatic carbocycles. The van der Waals surface area contributed by atoms with Crippen LogP contribution in [-0.4, -0.2) is 28.0 Å². The molecule has 4 rings (SSSR count). The number of hydrogen-bond acceptors (Lipinski definition) is 4. The fraction of sp³-hybridized carbons (Fsp3) is 0.238. The van der Waals surface area contributed by atoms with Gasteiger partial charge in [0.25, 0.3) is 5.91 Å². The molecule has 142 valence electrons. The first-order chi connectivity index (χ1) is 13.6. The molecule has 0 spiro atoms. The highest BCUT2D eigenvalue weighted by Crippen LogP contribution is 2.39. The molecule has 2 amide bonds. The molecule has 1 fully saturated rings. The fourth-order valence-corrected chi connectivity index (χ4v) is 3.77. The topological polar surface area (TPSA) is 96.0 Å². The molecule has 0 bridgehead atoms.